The maximum Gasteiger partial charge on any atom is 0.410 e. The molecule has 5 aliphatic rings. The second-order valence-electron chi connectivity index (χ2n) is 10.7. The molecule has 1 amide bonds. The van der Waals surface area contributed by atoms with Gasteiger partial charge in [-0.25, -0.2) is 19.2 Å². The molecule has 1 aromatic heterocycles. The van der Waals surface area contributed by atoms with Crippen molar-refractivity contribution in [3.63, 3.8) is 0 Å². The Morgan fingerprint density at radius 3 is 2.58 bits per heavy atom. The third-order valence-corrected chi connectivity index (χ3v) is 8.37. The summed E-state index contributed by atoms with van der Waals surface area (Å²) in [5.74, 6) is 3.36. The number of rotatable bonds is 5. The quantitative estimate of drug-likeness (QED) is 0.699. The standard InChI is InChI=1S/C26H31FN4O2/c27-22-4-2-1-3-20(22)14-33-25(32)31-6-5-21-23(13-31)29-16-30-24(21)28-15-26-10-17-7-18(11-26)9-19(8-17)12-26/h1-4,16-19H,5-15H2,(H,28,29,30). The van der Waals surface area contributed by atoms with Gasteiger partial charge < -0.3 is 15.0 Å². The molecule has 1 aliphatic heterocycles. The molecule has 7 rings (SSSR count). The van der Waals surface area contributed by atoms with Gasteiger partial charge in [-0.15, -0.1) is 0 Å². The molecule has 1 N–H and O–H groups in total. The molecular formula is C26H31FN4O2. The van der Waals surface area contributed by atoms with Crippen molar-refractivity contribution in [2.45, 2.75) is 58.1 Å². The molecule has 0 atom stereocenters. The number of ether oxygens (including phenoxy) is 1. The number of carbonyl (C=O) groups is 1. The summed E-state index contributed by atoms with van der Waals surface area (Å²) in [6, 6.07) is 6.35. The Balaban J connectivity index is 1.09. The lowest BCUT2D eigenvalue weighted by molar-refractivity contribution is -0.0444. The van der Waals surface area contributed by atoms with Crippen LogP contribution in [-0.4, -0.2) is 34.1 Å². The van der Waals surface area contributed by atoms with E-state index in [-0.39, 0.29) is 12.4 Å². The van der Waals surface area contributed by atoms with Crippen LogP contribution in [0.1, 0.15) is 55.3 Å². The van der Waals surface area contributed by atoms with Gasteiger partial charge in [-0.05, 0) is 74.2 Å². The minimum Gasteiger partial charge on any atom is -0.444 e. The molecule has 7 heteroatoms. The number of anilines is 1. The van der Waals surface area contributed by atoms with Crippen molar-refractivity contribution >= 4 is 11.9 Å². The predicted octanol–water partition coefficient (Wildman–Crippen LogP) is 4.94. The third-order valence-electron chi connectivity index (χ3n) is 8.37. The molecule has 174 valence electrons. The van der Waals surface area contributed by atoms with Crippen molar-refractivity contribution in [3.8, 4) is 0 Å². The fourth-order valence-corrected chi connectivity index (χ4v) is 7.29. The number of benzene rings is 1. The first-order valence-electron chi connectivity index (χ1n) is 12.3. The zero-order chi connectivity index (χ0) is 22.4. The summed E-state index contributed by atoms with van der Waals surface area (Å²) in [5.41, 5.74) is 2.79. The topological polar surface area (TPSA) is 67.3 Å². The molecule has 33 heavy (non-hydrogen) atoms. The lowest BCUT2D eigenvalue weighted by atomic mass is 9.49. The van der Waals surface area contributed by atoms with E-state index in [1.165, 1.54) is 44.6 Å². The smallest absolute Gasteiger partial charge is 0.410 e. The van der Waals surface area contributed by atoms with Crippen LogP contribution < -0.4 is 5.32 Å². The van der Waals surface area contributed by atoms with Crippen LogP contribution in [0, 0.1) is 29.0 Å². The van der Waals surface area contributed by atoms with Gasteiger partial charge in [-0.1, -0.05) is 18.2 Å². The number of nitrogens with one attached hydrogen (secondary N) is 1. The molecule has 1 aromatic carbocycles. The van der Waals surface area contributed by atoms with E-state index in [4.69, 9.17) is 4.74 Å². The Kier molecular flexibility index (Phi) is 5.23. The molecule has 6 nitrogen and oxygen atoms in total. The van der Waals surface area contributed by atoms with Crippen LogP contribution in [0.15, 0.2) is 30.6 Å². The van der Waals surface area contributed by atoms with Gasteiger partial charge in [0.25, 0.3) is 0 Å². The van der Waals surface area contributed by atoms with E-state index in [1.807, 2.05) is 0 Å². The summed E-state index contributed by atoms with van der Waals surface area (Å²) in [6.45, 7) is 1.85. The third kappa shape index (κ3) is 4.06. The van der Waals surface area contributed by atoms with Gasteiger partial charge >= 0.3 is 6.09 Å². The Morgan fingerprint density at radius 1 is 1.12 bits per heavy atom. The number of amides is 1. The molecule has 4 aliphatic carbocycles. The second-order valence-corrected chi connectivity index (χ2v) is 10.7. The number of halogens is 1. The van der Waals surface area contributed by atoms with Crippen molar-refractivity contribution in [2.24, 2.45) is 23.2 Å². The van der Waals surface area contributed by atoms with E-state index in [0.717, 1.165) is 41.4 Å². The first kappa shape index (κ1) is 20.9. The number of hydrogen-bond acceptors (Lipinski definition) is 5. The van der Waals surface area contributed by atoms with Crippen molar-refractivity contribution in [1.82, 2.24) is 14.9 Å². The van der Waals surface area contributed by atoms with Gasteiger partial charge in [-0.2, -0.15) is 0 Å². The molecule has 0 spiro atoms. The Labute approximate surface area is 193 Å². The van der Waals surface area contributed by atoms with Gasteiger partial charge in [0.15, 0.2) is 0 Å². The van der Waals surface area contributed by atoms with Crippen LogP contribution in [0.2, 0.25) is 0 Å². The number of aromatic nitrogens is 2. The SMILES string of the molecule is O=C(OCc1ccccc1F)N1CCc2c(ncnc2NCC23CC4CC(CC(C4)C2)C3)C1. The van der Waals surface area contributed by atoms with Crippen LogP contribution in [-0.2, 0) is 24.3 Å². The molecule has 4 saturated carbocycles. The average molecular weight is 451 g/mol. The zero-order valence-electron chi connectivity index (χ0n) is 18.9. The number of fused-ring (bicyclic) bond motifs is 1. The fourth-order valence-electron chi connectivity index (χ4n) is 7.29. The highest BCUT2D eigenvalue weighted by atomic mass is 19.1. The summed E-state index contributed by atoms with van der Waals surface area (Å²) >= 11 is 0. The first-order chi connectivity index (χ1) is 16.1. The van der Waals surface area contributed by atoms with Gasteiger partial charge in [0.05, 0.1) is 12.2 Å². The Morgan fingerprint density at radius 2 is 1.85 bits per heavy atom. The average Bonchev–Trinajstić information content (AvgIpc) is 2.81. The summed E-state index contributed by atoms with van der Waals surface area (Å²) in [4.78, 5) is 23.2. The van der Waals surface area contributed by atoms with E-state index in [9.17, 15) is 9.18 Å². The van der Waals surface area contributed by atoms with Crippen molar-refractivity contribution in [3.05, 3.63) is 53.2 Å². The van der Waals surface area contributed by atoms with Gasteiger partial charge in [0.1, 0.15) is 24.6 Å². The van der Waals surface area contributed by atoms with Gasteiger partial charge in [0, 0.05) is 24.2 Å². The van der Waals surface area contributed by atoms with Gasteiger partial charge in [0.2, 0.25) is 0 Å². The fraction of sp³-hybridized carbons (Fsp3) is 0.577. The molecule has 0 radical (unpaired) electrons. The molecule has 4 fully saturated rings. The van der Waals surface area contributed by atoms with E-state index in [0.29, 0.717) is 30.5 Å². The van der Waals surface area contributed by atoms with E-state index >= 15 is 0 Å². The first-order valence-corrected chi connectivity index (χ1v) is 12.3. The molecular weight excluding hydrogens is 419 g/mol. The monoisotopic (exact) mass is 450 g/mol. The second kappa shape index (κ2) is 8.26. The molecule has 4 bridgehead atoms. The van der Waals surface area contributed by atoms with Crippen LogP contribution in [0.25, 0.3) is 0 Å². The van der Waals surface area contributed by atoms with Gasteiger partial charge in [-0.3, -0.25) is 0 Å². The minimum absolute atomic E-state index is 0.0729. The number of carbonyl (C=O) groups excluding carboxylic acids is 1. The molecule has 0 saturated heterocycles. The molecule has 2 aromatic rings. The van der Waals surface area contributed by atoms with Crippen molar-refractivity contribution in [2.75, 3.05) is 18.4 Å². The lowest BCUT2D eigenvalue weighted by Gasteiger charge is -2.57. The minimum atomic E-state index is -0.439. The summed E-state index contributed by atoms with van der Waals surface area (Å²) < 4.78 is 19.2. The highest BCUT2D eigenvalue weighted by molar-refractivity contribution is 5.68. The highest BCUT2D eigenvalue weighted by Crippen LogP contribution is 2.59. The maximum absolute atomic E-state index is 13.8. The lowest BCUT2D eigenvalue weighted by Crippen LogP contribution is -2.49. The van der Waals surface area contributed by atoms with Crippen LogP contribution in [0.3, 0.4) is 0 Å². The summed E-state index contributed by atoms with van der Waals surface area (Å²) in [7, 11) is 0. The maximum atomic E-state index is 13.8. The predicted molar refractivity (Wildman–Crippen MR) is 122 cm³/mol. The zero-order valence-corrected chi connectivity index (χ0v) is 18.9. The molecule has 0 unspecified atom stereocenters. The number of hydrogen-bond donors (Lipinski definition) is 1. The van der Waals surface area contributed by atoms with Crippen molar-refractivity contribution in [1.29, 1.82) is 0 Å². The van der Waals surface area contributed by atoms with E-state index in [1.54, 1.807) is 29.4 Å². The molecule has 2 heterocycles. The normalized spacial score (nSPS) is 29.6. The Bertz CT molecular complexity index is 1020. The van der Waals surface area contributed by atoms with E-state index < -0.39 is 6.09 Å². The van der Waals surface area contributed by atoms with E-state index in [2.05, 4.69) is 15.3 Å². The largest absolute Gasteiger partial charge is 0.444 e. The van der Waals surface area contributed by atoms with Crippen molar-refractivity contribution < 1.29 is 13.9 Å². The highest BCUT2D eigenvalue weighted by Gasteiger charge is 2.50. The van der Waals surface area contributed by atoms with Crippen LogP contribution in [0.5, 0.6) is 0 Å². The van der Waals surface area contributed by atoms with Crippen LogP contribution in [0.4, 0.5) is 15.0 Å². The Hall–Kier alpha value is -2.70. The number of nitrogens with zero attached hydrogens (tertiary/aromatic N) is 3. The summed E-state index contributed by atoms with van der Waals surface area (Å²) in [5, 5.41) is 3.70. The summed E-state index contributed by atoms with van der Waals surface area (Å²) in [6.07, 6.45) is 10.3. The van der Waals surface area contributed by atoms with Crippen LogP contribution >= 0.6 is 0 Å².